The van der Waals surface area contributed by atoms with Crippen LogP contribution in [0.25, 0.3) is 0 Å². The van der Waals surface area contributed by atoms with Gasteiger partial charge in [0.05, 0.1) is 6.73 Å². The van der Waals surface area contributed by atoms with Crippen molar-refractivity contribution in [2.45, 2.75) is 18.9 Å². The highest BCUT2D eigenvalue weighted by molar-refractivity contribution is 4.71. The van der Waals surface area contributed by atoms with Crippen LogP contribution in [0.3, 0.4) is 0 Å². The first-order valence-corrected chi connectivity index (χ1v) is 3.41. The summed E-state index contributed by atoms with van der Waals surface area (Å²) in [6.45, 7) is 2.10. The summed E-state index contributed by atoms with van der Waals surface area (Å²) in [5.74, 6) is 0. The van der Waals surface area contributed by atoms with Crippen LogP contribution in [0, 0.1) is 0 Å². The molecule has 3 N–H and O–H groups in total. The number of hydrogen-bond acceptors (Lipinski definition) is 3. The molecule has 0 bridgehead atoms. The summed E-state index contributed by atoms with van der Waals surface area (Å²) >= 11 is 0. The number of piperidine rings is 1. The van der Waals surface area contributed by atoms with Gasteiger partial charge in [-0.2, -0.15) is 0 Å². The molecule has 1 aliphatic rings. The first-order chi connectivity index (χ1) is 4.33. The molecule has 9 heavy (non-hydrogen) atoms. The molecule has 0 aromatic carbocycles. The predicted octanol–water partition coefficient (Wildman–Crippen LogP) is -0.641. The zero-order chi connectivity index (χ0) is 6.69. The fourth-order valence-corrected chi connectivity index (χ4v) is 1.09. The van der Waals surface area contributed by atoms with E-state index in [0.29, 0.717) is 6.04 Å². The van der Waals surface area contributed by atoms with Crippen LogP contribution in [0.15, 0.2) is 0 Å². The van der Waals surface area contributed by atoms with E-state index in [9.17, 15) is 0 Å². The average molecular weight is 130 g/mol. The van der Waals surface area contributed by atoms with Crippen molar-refractivity contribution in [1.82, 2.24) is 4.90 Å². The molecule has 1 aliphatic heterocycles. The molecule has 3 nitrogen and oxygen atoms in total. The molecule has 0 aromatic rings. The van der Waals surface area contributed by atoms with Crippen molar-refractivity contribution in [2.24, 2.45) is 5.73 Å². The molecule has 1 fully saturated rings. The minimum Gasteiger partial charge on any atom is -0.381 e. The van der Waals surface area contributed by atoms with Crippen LogP contribution in [0.2, 0.25) is 0 Å². The van der Waals surface area contributed by atoms with Crippen molar-refractivity contribution in [3.05, 3.63) is 0 Å². The fraction of sp³-hybridized carbons (Fsp3) is 1.00. The van der Waals surface area contributed by atoms with E-state index < -0.39 is 0 Å². The maximum atomic E-state index is 8.66. The molecule has 54 valence electrons. The molecule has 0 unspecified atom stereocenters. The molecule has 3 heteroatoms. The van der Waals surface area contributed by atoms with Gasteiger partial charge in [0, 0.05) is 19.1 Å². The summed E-state index contributed by atoms with van der Waals surface area (Å²) in [7, 11) is 0. The van der Waals surface area contributed by atoms with Crippen molar-refractivity contribution in [2.75, 3.05) is 19.8 Å². The Morgan fingerprint density at radius 1 is 1.44 bits per heavy atom. The van der Waals surface area contributed by atoms with Gasteiger partial charge in [0.25, 0.3) is 0 Å². The maximum Gasteiger partial charge on any atom is 0.0956 e. The second kappa shape index (κ2) is 3.15. The molecule has 0 saturated carbocycles. The van der Waals surface area contributed by atoms with E-state index in [1.54, 1.807) is 0 Å². The Morgan fingerprint density at radius 3 is 2.44 bits per heavy atom. The molecule has 0 radical (unpaired) electrons. The summed E-state index contributed by atoms with van der Waals surface area (Å²) in [6, 6.07) is 0.368. The molecule has 1 saturated heterocycles. The van der Waals surface area contributed by atoms with Gasteiger partial charge in [0.15, 0.2) is 0 Å². The summed E-state index contributed by atoms with van der Waals surface area (Å²) < 4.78 is 0. The third-order valence-corrected chi connectivity index (χ3v) is 1.83. The van der Waals surface area contributed by atoms with Crippen LogP contribution in [0.1, 0.15) is 12.8 Å². The minimum absolute atomic E-state index is 0.187. The third-order valence-electron chi connectivity index (χ3n) is 1.83. The Bertz CT molecular complexity index is 79.1. The number of aliphatic hydroxyl groups excluding tert-OH is 1. The number of likely N-dealkylation sites (tertiary alicyclic amines) is 1. The standard InChI is InChI=1S/C6H14N2O/c7-6-1-3-8(5-9)4-2-6/h6,9H,1-5,7H2. The normalized spacial score (nSPS) is 24.7. The van der Waals surface area contributed by atoms with Crippen molar-refractivity contribution >= 4 is 0 Å². The van der Waals surface area contributed by atoms with Crippen molar-refractivity contribution in [1.29, 1.82) is 0 Å². The highest BCUT2D eigenvalue weighted by Gasteiger charge is 2.13. The molecular weight excluding hydrogens is 116 g/mol. The summed E-state index contributed by atoms with van der Waals surface area (Å²) in [5, 5.41) is 8.66. The van der Waals surface area contributed by atoms with Gasteiger partial charge < -0.3 is 10.8 Å². The van der Waals surface area contributed by atoms with Gasteiger partial charge in [-0.15, -0.1) is 0 Å². The Kier molecular flexibility index (Phi) is 2.45. The highest BCUT2D eigenvalue weighted by atomic mass is 16.3. The van der Waals surface area contributed by atoms with Gasteiger partial charge in [-0.05, 0) is 12.8 Å². The van der Waals surface area contributed by atoms with Crippen LogP contribution in [0.4, 0.5) is 0 Å². The van der Waals surface area contributed by atoms with Crippen molar-refractivity contribution < 1.29 is 5.11 Å². The van der Waals surface area contributed by atoms with Crippen molar-refractivity contribution in [3.63, 3.8) is 0 Å². The van der Waals surface area contributed by atoms with Crippen LogP contribution < -0.4 is 5.73 Å². The summed E-state index contributed by atoms with van der Waals surface area (Å²) in [6.07, 6.45) is 2.06. The Morgan fingerprint density at radius 2 is 2.00 bits per heavy atom. The van der Waals surface area contributed by atoms with Crippen LogP contribution in [-0.2, 0) is 0 Å². The lowest BCUT2D eigenvalue weighted by molar-refractivity contribution is 0.0844. The van der Waals surface area contributed by atoms with Gasteiger partial charge >= 0.3 is 0 Å². The molecule has 0 amide bonds. The lowest BCUT2D eigenvalue weighted by Gasteiger charge is -2.27. The zero-order valence-electron chi connectivity index (χ0n) is 5.58. The molecule has 1 heterocycles. The molecule has 1 rings (SSSR count). The third kappa shape index (κ3) is 1.93. The Labute approximate surface area is 55.5 Å². The van der Waals surface area contributed by atoms with Gasteiger partial charge in [-0.3, -0.25) is 4.90 Å². The smallest absolute Gasteiger partial charge is 0.0956 e. The number of hydrogen-bond donors (Lipinski definition) is 2. The van der Waals surface area contributed by atoms with Crippen LogP contribution >= 0.6 is 0 Å². The number of nitrogens with zero attached hydrogens (tertiary/aromatic N) is 1. The SMILES string of the molecule is NC1CCN(CO)CC1. The van der Waals surface area contributed by atoms with E-state index in [1.807, 2.05) is 4.90 Å². The molecule has 0 atom stereocenters. The predicted molar refractivity (Wildman–Crippen MR) is 35.9 cm³/mol. The Hall–Kier alpha value is -0.120. The first kappa shape index (κ1) is 6.99. The van der Waals surface area contributed by atoms with E-state index in [4.69, 9.17) is 10.8 Å². The average Bonchev–Trinajstić information content (AvgIpc) is 1.90. The van der Waals surface area contributed by atoms with Crippen LogP contribution in [-0.4, -0.2) is 35.9 Å². The van der Waals surface area contributed by atoms with E-state index >= 15 is 0 Å². The lowest BCUT2D eigenvalue weighted by Crippen LogP contribution is -2.39. The summed E-state index contributed by atoms with van der Waals surface area (Å²) in [4.78, 5) is 2.00. The number of nitrogens with two attached hydrogens (primary N) is 1. The number of aliphatic hydroxyl groups is 1. The monoisotopic (exact) mass is 130 g/mol. The van der Waals surface area contributed by atoms with Gasteiger partial charge in [-0.25, -0.2) is 0 Å². The largest absolute Gasteiger partial charge is 0.381 e. The zero-order valence-corrected chi connectivity index (χ0v) is 5.58. The second-order valence-corrected chi connectivity index (χ2v) is 2.60. The first-order valence-electron chi connectivity index (χ1n) is 3.41. The quantitative estimate of drug-likeness (QED) is 0.496. The molecule has 0 spiro atoms. The van der Waals surface area contributed by atoms with Crippen LogP contribution in [0.5, 0.6) is 0 Å². The lowest BCUT2D eigenvalue weighted by atomic mass is 10.1. The number of rotatable bonds is 1. The highest BCUT2D eigenvalue weighted by Crippen LogP contribution is 2.05. The molecule has 0 aromatic heterocycles. The van der Waals surface area contributed by atoms with E-state index in [0.717, 1.165) is 25.9 Å². The van der Waals surface area contributed by atoms with Gasteiger partial charge in [0.2, 0.25) is 0 Å². The second-order valence-electron chi connectivity index (χ2n) is 2.60. The maximum absolute atomic E-state index is 8.66. The van der Waals surface area contributed by atoms with Gasteiger partial charge in [0.1, 0.15) is 0 Å². The molecular formula is C6H14N2O. The Balaban J connectivity index is 2.18. The topological polar surface area (TPSA) is 49.5 Å². The van der Waals surface area contributed by atoms with E-state index in [1.165, 1.54) is 0 Å². The fourth-order valence-electron chi connectivity index (χ4n) is 1.09. The van der Waals surface area contributed by atoms with Gasteiger partial charge in [-0.1, -0.05) is 0 Å². The van der Waals surface area contributed by atoms with E-state index in [2.05, 4.69) is 0 Å². The van der Waals surface area contributed by atoms with E-state index in [-0.39, 0.29) is 6.73 Å². The summed E-state index contributed by atoms with van der Waals surface area (Å²) in [5.41, 5.74) is 5.64. The molecule has 0 aliphatic carbocycles. The minimum atomic E-state index is 0.187. The van der Waals surface area contributed by atoms with Crippen molar-refractivity contribution in [3.8, 4) is 0 Å².